The highest BCUT2D eigenvalue weighted by molar-refractivity contribution is 7.99. The number of nitrogens with zero attached hydrogens (tertiary/aromatic N) is 1. The lowest BCUT2D eigenvalue weighted by Crippen LogP contribution is -2.41. The molecule has 144 valence electrons. The topological polar surface area (TPSA) is 41.6 Å². The number of amides is 2. The van der Waals surface area contributed by atoms with Crippen LogP contribution in [-0.4, -0.2) is 43.4 Å². The number of benzene rings is 2. The molecule has 1 heterocycles. The molecule has 1 saturated heterocycles. The molecule has 3 rings (SSSR count). The van der Waals surface area contributed by atoms with Crippen LogP contribution in [0.5, 0.6) is 5.75 Å². The van der Waals surface area contributed by atoms with Crippen LogP contribution in [-0.2, 0) is 6.42 Å². The highest BCUT2D eigenvalue weighted by Crippen LogP contribution is 2.37. The molecule has 27 heavy (non-hydrogen) atoms. The van der Waals surface area contributed by atoms with Gasteiger partial charge in [0.1, 0.15) is 5.75 Å². The molecule has 1 unspecified atom stereocenters. The van der Waals surface area contributed by atoms with Crippen LogP contribution in [0, 0.1) is 0 Å². The number of thioether (sulfide) groups is 1. The van der Waals surface area contributed by atoms with Gasteiger partial charge in [-0.3, -0.25) is 0 Å². The van der Waals surface area contributed by atoms with Gasteiger partial charge in [0.15, 0.2) is 0 Å². The Balaban J connectivity index is 1.47. The Bertz CT molecular complexity index is 754. The number of rotatable bonds is 5. The average Bonchev–Trinajstić information content (AvgIpc) is 2.95. The van der Waals surface area contributed by atoms with Crippen molar-refractivity contribution in [2.24, 2.45) is 0 Å². The maximum Gasteiger partial charge on any atom is 0.317 e. The number of nitrogens with one attached hydrogen (secondary N) is 1. The first kappa shape index (κ1) is 19.9. The Kier molecular flexibility index (Phi) is 7.30. The highest BCUT2D eigenvalue weighted by atomic mass is 35.5. The average molecular weight is 405 g/mol. The van der Waals surface area contributed by atoms with Crippen LogP contribution < -0.4 is 10.1 Å². The monoisotopic (exact) mass is 404 g/mol. The van der Waals surface area contributed by atoms with Gasteiger partial charge in [-0.25, -0.2) is 4.79 Å². The van der Waals surface area contributed by atoms with E-state index in [0.29, 0.717) is 11.8 Å². The van der Waals surface area contributed by atoms with Crippen molar-refractivity contribution < 1.29 is 9.53 Å². The van der Waals surface area contributed by atoms with E-state index in [0.717, 1.165) is 42.5 Å². The van der Waals surface area contributed by atoms with Gasteiger partial charge in [-0.15, -0.1) is 0 Å². The van der Waals surface area contributed by atoms with Gasteiger partial charge in [0.2, 0.25) is 0 Å². The molecule has 1 atom stereocenters. The minimum absolute atomic E-state index is 0.0175. The van der Waals surface area contributed by atoms with E-state index in [1.54, 1.807) is 7.11 Å². The molecule has 2 aromatic carbocycles. The fourth-order valence-electron chi connectivity index (χ4n) is 3.18. The van der Waals surface area contributed by atoms with Crippen LogP contribution in [0.25, 0.3) is 0 Å². The van der Waals surface area contributed by atoms with E-state index in [1.807, 2.05) is 59.1 Å². The first-order valence-electron chi connectivity index (χ1n) is 9.19. The minimum Gasteiger partial charge on any atom is -0.497 e. The van der Waals surface area contributed by atoms with E-state index in [9.17, 15) is 4.79 Å². The van der Waals surface area contributed by atoms with Crippen LogP contribution in [0.3, 0.4) is 0 Å². The van der Waals surface area contributed by atoms with Crippen molar-refractivity contribution in [1.29, 1.82) is 0 Å². The standard InChI is InChI=1S/C21H25ClN2O2S/c1-26-17-8-6-16(7-9-17)10-12-23-21(25)24-13-11-20(27-15-14-24)18-4-2-3-5-19(18)22/h2-9,20H,10-15H2,1H3,(H,23,25). The summed E-state index contributed by atoms with van der Waals surface area (Å²) >= 11 is 8.22. The largest absolute Gasteiger partial charge is 0.497 e. The molecule has 0 saturated carbocycles. The number of halogens is 1. The number of hydrogen-bond donors (Lipinski definition) is 1. The zero-order valence-electron chi connectivity index (χ0n) is 15.5. The predicted molar refractivity (Wildman–Crippen MR) is 113 cm³/mol. The van der Waals surface area contributed by atoms with E-state index >= 15 is 0 Å². The zero-order valence-corrected chi connectivity index (χ0v) is 17.1. The third-order valence-corrected chi connectivity index (χ3v) is 6.38. The van der Waals surface area contributed by atoms with Gasteiger partial charge in [0.25, 0.3) is 0 Å². The van der Waals surface area contributed by atoms with Crippen LogP contribution in [0.15, 0.2) is 48.5 Å². The number of hydrogen-bond acceptors (Lipinski definition) is 3. The summed E-state index contributed by atoms with van der Waals surface area (Å²) in [5.41, 5.74) is 2.35. The second kappa shape index (κ2) is 9.90. The fraction of sp³-hybridized carbons (Fsp3) is 0.381. The molecule has 0 aliphatic carbocycles. The van der Waals surface area contributed by atoms with Crippen molar-refractivity contribution in [1.82, 2.24) is 10.2 Å². The molecular formula is C21H25ClN2O2S. The summed E-state index contributed by atoms with van der Waals surface area (Å²) in [6, 6.07) is 16.0. The van der Waals surface area contributed by atoms with Crippen molar-refractivity contribution in [2.45, 2.75) is 18.1 Å². The maximum absolute atomic E-state index is 12.5. The Hall–Kier alpha value is -1.85. The van der Waals surface area contributed by atoms with Crippen LogP contribution in [0.4, 0.5) is 4.79 Å². The summed E-state index contributed by atoms with van der Waals surface area (Å²) in [7, 11) is 1.66. The van der Waals surface area contributed by atoms with Gasteiger partial charge < -0.3 is 15.0 Å². The number of carbonyl (C=O) groups excluding carboxylic acids is 1. The Morgan fingerprint density at radius 3 is 2.74 bits per heavy atom. The SMILES string of the molecule is COc1ccc(CCNC(=O)N2CCSC(c3ccccc3Cl)CC2)cc1. The van der Waals surface area contributed by atoms with Gasteiger partial charge in [-0.1, -0.05) is 41.9 Å². The first-order valence-corrected chi connectivity index (χ1v) is 10.6. The lowest BCUT2D eigenvalue weighted by atomic mass is 10.1. The smallest absolute Gasteiger partial charge is 0.317 e. The van der Waals surface area contributed by atoms with Crippen LogP contribution in [0.2, 0.25) is 5.02 Å². The van der Waals surface area contributed by atoms with Crippen molar-refractivity contribution in [3.63, 3.8) is 0 Å². The van der Waals surface area contributed by atoms with Crippen molar-refractivity contribution >= 4 is 29.4 Å². The first-order chi connectivity index (χ1) is 13.2. The minimum atomic E-state index is 0.0175. The van der Waals surface area contributed by atoms with E-state index in [-0.39, 0.29) is 6.03 Å². The Labute approximate surface area is 170 Å². The molecule has 0 aromatic heterocycles. The molecule has 0 radical (unpaired) electrons. The maximum atomic E-state index is 12.5. The molecule has 1 N–H and O–H groups in total. The summed E-state index contributed by atoms with van der Waals surface area (Å²) in [6.45, 7) is 2.14. The lowest BCUT2D eigenvalue weighted by molar-refractivity contribution is 0.201. The zero-order chi connectivity index (χ0) is 19.1. The van der Waals surface area contributed by atoms with Crippen LogP contribution >= 0.6 is 23.4 Å². The molecule has 2 aromatic rings. The molecule has 1 aliphatic heterocycles. The van der Waals surface area contributed by atoms with Crippen molar-refractivity contribution in [2.75, 3.05) is 32.5 Å². The molecule has 1 aliphatic rings. The summed E-state index contributed by atoms with van der Waals surface area (Å²) in [4.78, 5) is 14.4. The van der Waals surface area contributed by atoms with Crippen molar-refractivity contribution in [3.05, 3.63) is 64.7 Å². The molecule has 4 nitrogen and oxygen atoms in total. The van der Waals surface area contributed by atoms with Gasteiger partial charge in [-0.2, -0.15) is 11.8 Å². The second-order valence-electron chi connectivity index (χ2n) is 6.49. The lowest BCUT2D eigenvalue weighted by Gasteiger charge is -2.21. The normalized spacial score (nSPS) is 17.3. The van der Waals surface area contributed by atoms with Gasteiger partial charge in [0, 0.05) is 35.7 Å². The number of urea groups is 1. The Morgan fingerprint density at radius 2 is 2.00 bits per heavy atom. The van der Waals surface area contributed by atoms with Gasteiger partial charge in [-0.05, 0) is 42.2 Å². The van der Waals surface area contributed by atoms with Crippen LogP contribution in [0.1, 0.15) is 22.8 Å². The molecular weight excluding hydrogens is 380 g/mol. The quantitative estimate of drug-likeness (QED) is 0.779. The van der Waals surface area contributed by atoms with E-state index < -0.39 is 0 Å². The number of carbonyl (C=O) groups is 1. The van der Waals surface area contributed by atoms with Gasteiger partial charge >= 0.3 is 6.03 Å². The highest BCUT2D eigenvalue weighted by Gasteiger charge is 2.23. The second-order valence-corrected chi connectivity index (χ2v) is 8.20. The van der Waals surface area contributed by atoms with Crippen molar-refractivity contribution in [3.8, 4) is 5.75 Å². The molecule has 6 heteroatoms. The molecule has 0 spiro atoms. The van der Waals surface area contributed by atoms with E-state index in [4.69, 9.17) is 16.3 Å². The van der Waals surface area contributed by atoms with E-state index in [2.05, 4.69) is 11.4 Å². The Morgan fingerprint density at radius 1 is 1.22 bits per heavy atom. The molecule has 2 amide bonds. The van der Waals surface area contributed by atoms with E-state index in [1.165, 1.54) is 11.1 Å². The summed E-state index contributed by atoms with van der Waals surface area (Å²) in [6.07, 6.45) is 1.72. The summed E-state index contributed by atoms with van der Waals surface area (Å²) in [5, 5.41) is 4.20. The predicted octanol–water partition coefficient (Wildman–Crippen LogP) is 4.78. The summed E-state index contributed by atoms with van der Waals surface area (Å²) < 4.78 is 5.16. The number of ether oxygens (including phenoxy) is 1. The third kappa shape index (κ3) is 5.56. The number of methoxy groups -OCH3 is 1. The molecule has 0 bridgehead atoms. The fourth-order valence-corrected chi connectivity index (χ4v) is 4.78. The van der Waals surface area contributed by atoms with Gasteiger partial charge in [0.05, 0.1) is 7.11 Å². The third-order valence-electron chi connectivity index (χ3n) is 4.73. The summed E-state index contributed by atoms with van der Waals surface area (Å²) in [5.74, 6) is 1.76. The molecule has 1 fully saturated rings.